The number of rotatable bonds is 7. The molecule has 0 fully saturated rings. The van der Waals surface area contributed by atoms with Gasteiger partial charge in [-0.25, -0.2) is 22.6 Å². The van der Waals surface area contributed by atoms with Gasteiger partial charge in [-0.2, -0.15) is 0 Å². The molecule has 10 heteroatoms. The monoisotopic (exact) mass is 409 g/mol. The van der Waals surface area contributed by atoms with Crippen LogP contribution in [0.4, 0.5) is 4.39 Å². The van der Waals surface area contributed by atoms with Crippen LogP contribution in [0.5, 0.6) is 11.5 Å². The SMILES string of the molecule is CCOc1cc([C@H](CS(C)(=O)=O)n2c(=O)[nH]c3cc(F)cnc32)ccc1OC. The third-order valence-electron chi connectivity index (χ3n) is 4.17. The molecule has 3 rings (SSSR count). The van der Waals surface area contributed by atoms with Gasteiger partial charge >= 0.3 is 5.69 Å². The van der Waals surface area contributed by atoms with Gasteiger partial charge in [-0.05, 0) is 24.6 Å². The molecule has 1 atom stereocenters. The summed E-state index contributed by atoms with van der Waals surface area (Å²) in [6, 6.07) is 5.18. The molecule has 0 saturated heterocycles. The minimum absolute atomic E-state index is 0.161. The first kappa shape index (κ1) is 19.9. The largest absolute Gasteiger partial charge is 0.493 e. The Morgan fingerprint density at radius 3 is 2.68 bits per heavy atom. The van der Waals surface area contributed by atoms with Crippen LogP contribution >= 0.6 is 0 Å². The van der Waals surface area contributed by atoms with Crippen LogP contribution in [0.2, 0.25) is 0 Å². The van der Waals surface area contributed by atoms with Crippen LogP contribution in [0.3, 0.4) is 0 Å². The van der Waals surface area contributed by atoms with Crippen molar-refractivity contribution in [3.63, 3.8) is 0 Å². The topological polar surface area (TPSA) is 103 Å². The van der Waals surface area contributed by atoms with E-state index < -0.39 is 27.4 Å². The van der Waals surface area contributed by atoms with Crippen LogP contribution < -0.4 is 15.2 Å². The summed E-state index contributed by atoms with van der Waals surface area (Å²) in [5.74, 6) is -0.0525. The average Bonchev–Trinajstić information content (AvgIpc) is 2.94. The number of H-pyrrole nitrogens is 1. The summed E-state index contributed by atoms with van der Waals surface area (Å²) < 4.78 is 49.7. The van der Waals surface area contributed by atoms with Crippen molar-refractivity contribution in [2.24, 2.45) is 0 Å². The van der Waals surface area contributed by atoms with Crippen molar-refractivity contribution in [1.29, 1.82) is 0 Å². The number of methoxy groups -OCH3 is 1. The molecule has 1 aromatic carbocycles. The van der Waals surface area contributed by atoms with Crippen molar-refractivity contribution in [2.45, 2.75) is 13.0 Å². The highest BCUT2D eigenvalue weighted by Crippen LogP contribution is 2.32. The first-order valence-corrected chi connectivity index (χ1v) is 10.5. The Kier molecular flexibility index (Phi) is 5.41. The van der Waals surface area contributed by atoms with Gasteiger partial charge in [0.15, 0.2) is 17.1 Å². The first-order valence-electron chi connectivity index (χ1n) is 8.47. The van der Waals surface area contributed by atoms with E-state index in [4.69, 9.17) is 9.47 Å². The fourth-order valence-corrected chi connectivity index (χ4v) is 3.97. The van der Waals surface area contributed by atoms with E-state index in [0.717, 1.165) is 18.5 Å². The molecule has 28 heavy (non-hydrogen) atoms. The molecular weight excluding hydrogens is 389 g/mol. The molecule has 1 N–H and O–H groups in total. The van der Waals surface area contributed by atoms with Gasteiger partial charge < -0.3 is 14.5 Å². The van der Waals surface area contributed by atoms with Crippen molar-refractivity contribution in [3.05, 3.63) is 52.3 Å². The van der Waals surface area contributed by atoms with Crippen LogP contribution in [0, 0.1) is 5.82 Å². The summed E-state index contributed by atoms with van der Waals surface area (Å²) >= 11 is 0. The van der Waals surface area contributed by atoms with Crippen molar-refractivity contribution in [1.82, 2.24) is 14.5 Å². The van der Waals surface area contributed by atoms with Crippen molar-refractivity contribution >= 4 is 21.0 Å². The molecule has 0 bridgehead atoms. The van der Waals surface area contributed by atoms with Crippen LogP contribution in [-0.2, 0) is 9.84 Å². The third kappa shape index (κ3) is 4.01. The lowest BCUT2D eigenvalue weighted by molar-refractivity contribution is 0.310. The maximum atomic E-state index is 13.5. The molecule has 0 aliphatic carbocycles. The van der Waals surface area contributed by atoms with E-state index in [2.05, 4.69) is 9.97 Å². The second-order valence-electron chi connectivity index (χ2n) is 6.28. The predicted molar refractivity (Wildman–Crippen MR) is 102 cm³/mol. The van der Waals surface area contributed by atoms with E-state index in [9.17, 15) is 17.6 Å². The number of imidazole rings is 1. The Labute approximate surface area is 160 Å². The van der Waals surface area contributed by atoms with Gasteiger partial charge in [-0.15, -0.1) is 0 Å². The van der Waals surface area contributed by atoms with Crippen LogP contribution in [-0.4, -0.2) is 48.7 Å². The minimum Gasteiger partial charge on any atom is -0.493 e. The summed E-state index contributed by atoms with van der Waals surface area (Å²) in [4.78, 5) is 19.1. The summed E-state index contributed by atoms with van der Waals surface area (Å²) in [5.41, 5.74) is 0.273. The minimum atomic E-state index is -3.48. The Balaban J connectivity index is 2.23. The van der Waals surface area contributed by atoms with Gasteiger partial charge in [0, 0.05) is 12.3 Å². The number of aromatic nitrogens is 3. The fraction of sp³-hybridized carbons (Fsp3) is 0.333. The summed E-state index contributed by atoms with van der Waals surface area (Å²) in [5, 5.41) is 0. The lowest BCUT2D eigenvalue weighted by Crippen LogP contribution is -2.28. The van der Waals surface area contributed by atoms with Gasteiger partial charge in [0.2, 0.25) is 0 Å². The van der Waals surface area contributed by atoms with E-state index >= 15 is 0 Å². The molecule has 0 unspecified atom stereocenters. The summed E-state index contributed by atoms with van der Waals surface area (Å²) in [6.07, 6.45) is 2.06. The molecular formula is C18H20FN3O5S. The lowest BCUT2D eigenvalue weighted by atomic mass is 10.1. The first-order chi connectivity index (χ1) is 13.2. The second kappa shape index (κ2) is 7.63. The number of sulfone groups is 1. The van der Waals surface area contributed by atoms with E-state index in [1.807, 2.05) is 6.92 Å². The highest BCUT2D eigenvalue weighted by Gasteiger charge is 2.25. The van der Waals surface area contributed by atoms with Crippen molar-refractivity contribution in [2.75, 3.05) is 25.7 Å². The normalized spacial score (nSPS) is 12.9. The van der Waals surface area contributed by atoms with E-state index in [1.54, 1.807) is 18.2 Å². The molecule has 0 radical (unpaired) electrons. The zero-order chi connectivity index (χ0) is 20.5. The third-order valence-corrected chi connectivity index (χ3v) is 5.09. The number of hydrogen-bond acceptors (Lipinski definition) is 6. The van der Waals surface area contributed by atoms with E-state index in [1.165, 1.54) is 11.7 Å². The molecule has 2 heterocycles. The lowest BCUT2D eigenvalue weighted by Gasteiger charge is -2.20. The number of pyridine rings is 1. The molecule has 2 aromatic heterocycles. The number of halogens is 1. The highest BCUT2D eigenvalue weighted by molar-refractivity contribution is 7.90. The Hall–Kier alpha value is -2.88. The number of ether oxygens (including phenoxy) is 2. The summed E-state index contributed by atoms with van der Waals surface area (Å²) in [7, 11) is -1.99. The molecule has 150 valence electrons. The van der Waals surface area contributed by atoms with Gasteiger partial charge in [-0.1, -0.05) is 6.07 Å². The Bertz CT molecular complexity index is 1170. The zero-order valence-corrected chi connectivity index (χ0v) is 16.4. The molecule has 0 spiro atoms. The maximum Gasteiger partial charge on any atom is 0.328 e. The van der Waals surface area contributed by atoms with Crippen LogP contribution in [0.25, 0.3) is 11.2 Å². The van der Waals surface area contributed by atoms with Crippen molar-refractivity contribution < 1.29 is 22.3 Å². The predicted octanol–water partition coefficient (Wildman–Crippen LogP) is 1.91. The standard InChI is InChI=1S/C18H20FN3O5S/c1-4-27-16-7-11(5-6-15(16)26-2)14(10-28(3,24)25)22-17-13(21-18(22)23)8-12(19)9-20-17/h5-9,14H,4,10H2,1-3H3,(H,21,23)/t14-/m0/s1. The van der Waals surface area contributed by atoms with E-state index in [-0.39, 0.29) is 16.9 Å². The highest BCUT2D eigenvalue weighted by atomic mass is 32.2. The zero-order valence-electron chi connectivity index (χ0n) is 15.6. The summed E-state index contributed by atoms with van der Waals surface area (Å²) in [6.45, 7) is 2.19. The number of nitrogens with zero attached hydrogens (tertiary/aromatic N) is 2. The number of aromatic amines is 1. The molecule has 0 aliphatic rings. The molecule has 0 saturated carbocycles. The molecule has 3 aromatic rings. The number of nitrogens with one attached hydrogen (secondary N) is 1. The van der Waals surface area contributed by atoms with Crippen LogP contribution in [0.1, 0.15) is 18.5 Å². The number of hydrogen-bond donors (Lipinski definition) is 1. The second-order valence-corrected chi connectivity index (χ2v) is 8.46. The molecule has 8 nitrogen and oxygen atoms in total. The van der Waals surface area contributed by atoms with Crippen molar-refractivity contribution in [3.8, 4) is 11.5 Å². The van der Waals surface area contributed by atoms with E-state index in [0.29, 0.717) is 23.7 Å². The van der Waals surface area contributed by atoms with Gasteiger partial charge in [0.25, 0.3) is 0 Å². The molecule has 0 amide bonds. The number of fused-ring (bicyclic) bond motifs is 1. The average molecular weight is 409 g/mol. The van der Waals surface area contributed by atoms with Gasteiger partial charge in [0.05, 0.1) is 37.2 Å². The maximum absolute atomic E-state index is 13.5. The smallest absolute Gasteiger partial charge is 0.328 e. The quantitative estimate of drug-likeness (QED) is 0.639. The Morgan fingerprint density at radius 2 is 2.04 bits per heavy atom. The van der Waals surface area contributed by atoms with Gasteiger partial charge in [0.1, 0.15) is 15.7 Å². The Morgan fingerprint density at radius 1 is 1.29 bits per heavy atom. The molecule has 0 aliphatic heterocycles. The fourth-order valence-electron chi connectivity index (χ4n) is 3.05. The van der Waals surface area contributed by atoms with Gasteiger partial charge in [-0.3, -0.25) is 4.57 Å². The number of benzene rings is 1. The van der Waals surface area contributed by atoms with Crippen LogP contribution in [0.15, 0.2) is 35.3 Å².